The summed E-state index contributed by atoms with van der Waals surface area (Å²) < 4.78 is 35.9. The van der Waals surface area contributed by atoms with Crippen LogP contribution in [-0.4, -0.2) is 59.8 Å². The van der Waals surface area contributed by atoms with Gasteiger partial charge in [-0.2, -0.15) is 5.10 Å². The van der Waals surface area contributed by atoms with Gasteiger partial charge in [0.15, 0.2) is 5.65 Å². The molecule has 0 radical (unpaired) electrons. The lowest BCUT2D eigenvalue weighted by molar-refractivity contribution is -0.123. The smallest absolute Gasteiger partial charge is 0.269 e. The number of fused-ring (bicyclic) bond motifs is 4. The van der Waals surface area contributed by atoms with E-state index >= 15 is 0 Å². The van der Waals surface area contributed by atoms with Crippen LogP contribution in [0.1, 0.15) is 43.9 Å². The molecule has 0 aliphatic carbocycles. The summed E-state index contributed by atoms with van der Waals surface area (Å²) in [6.07, 6.45) is 11.5. The zero-order valence-corrected chi connectivity index (χ0v) is 22.5. The maximum absolute atomic E-state index is 13.8. The van der Waals surface area contributed by atoms with Crippen LogP contribution in [0.15, 0.2) is 66.1 Å². The number of carbonyl (C=O) groups is 1. The fourth-order valence-corrected chi connectivity index (χ4v) is 7.76. The molecule has 1 atom stereocenters. The number of carbonyl (C=O) groups excluding carboxylic acids is 1. The molecule has 11 heteroatoms. The van der Waals surface area contributed by atoms with E-state index in [1.165, 1.54) is 3.97 Å². The van der Waals surface area contributed by atoms with Gasteiger partial charge in [0.1, 0.15) is 6.23 Å². The van der Waals surface area contributed by atoms with Crippen molar-refractivity contribution < 1.29 is 17.9 Å². The lowest BCUT2D eigenvalue weighted by atomic mass is 9.73. The molecule has 3 aromatic heterocycles. The van der Waals surface area contributed by atoms with Crippen LogP contribution in [0.5, 0.6) is 0 Å². The summed E-state index contributed by atoms with van der Waals surface area (Å²) in [5, 5.41) is 5.27. The number of hydrogen-bond acceptors (Lipinski definition) is 7. The van der Waals surface area contributed by atoms with Gasteiger partial charge in [0.2, 0.25) is 5.91 Å². The Morgan fingerprint density at radius 1 is 1.05 bits per heavy atom. The molecule has 1 amide bonds. The molecule has 3 aliphatic rings. The van der Waals surface area contributed by atoms with E-state index in [9.17, 15) is 13.2 Å². The summed E-state index contributed by atoms with van der Waals surface area (Å²) in [4.78, 5) is 22.5. The lowest BCUT2D eigenvalue weighted by Crippen LogP contribution is -2.48. The molecule has 0 N–H and O–H groups in total. The van der Waals surface area contributed by atoms with Crippen molar-refractivity contribution in [3.05, 3.63) is 66.7 Å². The van der Waals surface area contributed by atoms with Crippen molar-refractivity contribution in [2.75, 3.05) is 36.5 Å². The molecule has 0 saturated carbocycles. The highest BCUT2D eigenvalue weighted by Gasteiger charge is 2.52. The van der Waals surface area contributed by atoms with Crippen molar-refractivity contribution in [2.24, 2.45) is 0 Å². The number of amides is 1. The number of pyridine rings is 1. The number of benzene rings is 1. The number of nitrogens with zero attached hydrogens (tertiary/aromatic N) is 6. The standard InChI is InChI=1S/C28H30N6O4S/c1-31-23-18-29-26-22(10-13-34(26)39(36,37)21-7-3-2-4-8-21)25(23)28(27(31)35)11-14-32(15-12-28)20-17-30-33(19-20)24-9-5-6-16-38-24/h2-4,7-8,10,13,17-19,24H,5-6,9,11-12,14-16H2,1H3. The zero-order chi connectivity index (χ0) is 26.8. The number of anilines is 2. The third-order valence-electron chi connectivity index (χ3n) is 8.54. The van der Waals surface area contributed by atoms with Crippen molar-refractivity contribution in [2.45, 2.75) is 48.6 Å². The van der Waals surface area contributed by atoms with Gasteiger partial charge >= 0.3 is 0 Å². The Morgan fingerprint density at radius 3 is 2.59 bits per heavy atom. The van der Waals surface area contributed by atoms with Crippen LogP contribution in [0.3, 0.4) is 0 Å². The highest BCUT2D eigenvalue weighted by molar-refractivity contribution is 7.90. The molecule has 202 valence electrons. The molecule has 2 saturated heterocycles. The van der Waals surface area contributed by atoms with Crippen LogP contribution < -0.4 is 9.80 Å². The second-order valence-electron chi connectivity index (χ2n) is 10.6. The normalized spacial score (nSPS) is 21.2. The summed E-state index contributed by atoms with van der Waals surface area (Å²) in [7, 11) is -2.05. The molecule has 1 unspecified atom stereocenters. The van der Waals surface area contributed by atoms with E-state index in [0.29, 0.717) is 37.0 Å². The predicted octanol–water partition coefficient (Wildman–Crippen LogP) is 3.68. The van der Waals surface area contributed by atoms with Gasteiger partial charge in [0.05, 0.1) is 40.3 Å². The predicted molar refractivity (Wildman–Crippen MR) is 146 cm³/mol. The van der Waals surface area contributed by atoms with Gasteiger partial charge in [-0.1, -0.05) is 18.2 Å². The largest absolute Gasteiger partial charge is 0.369 e. The summed E-state index contributed by atoms with van der Waals surface area (Å²) in [5.74, 6) is 0.0383. The number of ether oxygens (including phenoxy) is 1. The van der Waals surface area contributed by atoms with Gasteiger partial charge < -0.3 is 14.5 Å². The number of aromatic nitrogens is 4. The van der Waals surface area contributed by atoms with Crippen molar-refractivity contribution in [3.8, 4) is 0 Å². The number of hydrogen-bond donors (Lipinski definition) is 0. The second kappa shape index (κ2) is 8.92. The molecule has 1 spiro atoms. The van der Waals surface area contributed by atoms with Crippen LogP contribution in [-0.2, 0) is 25.0 Å². The Bertz CT molecular complexity index is 1660. The maximum atomic E-state index is 13.8. The molecule has 6 heterocycles. The SMILES string of the molecule is CN1C(=O)C2(CCN(c3cnn(C4CCCCO4)c3)CC2)c2c1cnc1c2ccn1S(=O)(=O)c1ccccc1. The van der Waals surface area contributed by atoms with Crippen LogP contribution in [0, 0.1) is 0 Å². The Kier molecular flexibility index (Phi) is 5.57. The number of likely N-dealkylation sites (N-methyl/N-ethyl adjacent to an activating group) is 1. The first-order valence-electron chi connectivity index (χ1n) is 13.4. The van der Waals surface area contributed by atoms with Gasteiger partial charge in [-0.25, -0.2) is 22.1 Å². The lowest BCUT2D eigenvalue weighted by Gasteiger charge is -2.39. The molecule has 4 aromatic rings. The Morgan fingerprint density at radius 2 is 1.85 bits per heavy atom. The molecule has 0 bridgehead atoms. The topological polar surface area (TPSA) is 103 Å². The molecular weight excluding hydrogens is 516 g/mol. The van der Waals surface area contributed by atoms with Gasteiger partial charge in [-0.05, 0) is 50.3 Å². The van der Waals surface area contributed by atoms with E-state index in [4.69, 9.17) is 4.74 Å². The van der Waals surface area contributed by atoms with E-state index < -0.39 is 15.4 Å². The number of piperidine rings is 1. The molecule has 3 aliphatic heterocycles. The first kappa shape index (κ1) is 24.3. The van der Waals surface area contributed by atoms with Gasteiger partial charge in [-0.15, -0.1) is 0 Å². The third-order valence-corrected chi connectivity index (χ3v) is 10.2. The van der Waals surface area contributed by atoms with Crippen LogP contribution in [0.25, 0.3) is 11.0 Å². The summed E-state index contributed by atoms with van der Waals surface area (Å²) in [6.45, 7) is 2.13. The summed E-state index contributed by atoms with van der Waals surface area (Å²) >= 11 is 0. The Hall–Kier alpha value is -3.70. The van der Waals surface area contributed by atoms with Crippen LogP contribution >= 0.6 is 0 Å². The van der Waals surface area contributed by atoms with Crippen molar-refractivity contribution in [1.29, 1.82) is 0 Å². The molecule has 2 fully saturated rings. The fourth-order valence-electron chi connectivity index (χ4n) is 6.44. The first-order valence-corrected chi connectivity index (χ1v) is 14.8. The van der Waals surface area contributed by atoms with Gasteiger partial charge in [0, 0.05) is 43.9 Å². The van der Waals surface area contributed by atoms with Crippen LogP contribution in [0.2, 0.25) is 0 Å². The molecule has 10 nitrogen and oxygen atoms in total. The minimum Gasteiger partial charge on any atom is -0.369 e. The fraction of sp³-hybridized carbons (Fsp3) is 0.393. The van der Waals surface area contributed by atoms with E-state index in [1.807, 2.05) is 17.1 Å². The minimum atomic E-state index is -3.83. The summed E-state index contributed by atoms with van der Waals surface area (Å²) in [5.41, 5.74) is 2.27. The van der Waals surface area contributed by atoms with E-state index in [-0.39, 0.29) is 17.0 Å². The average molecular weight is 547 g/mol. The van der Waals surface area contributed by atoms with E-state index in [1.54, 1.807) is 60.7 Å². The minimum absolute atomic E-state index is 0.0162. The third kappa shape index (κ3) is 3.63. The average Bonchev–Trinajstić information content (AvgIpc) is 3.69. The van der Waals surface area contributed by atoms with E-state index in [0.717, 1.165) is 42.8 Å². The monoisotopic (exact) mass is 546 g/mol. The highest BCUT2D eigenvalue weighted by Crippen LogP contribution is 2.50. The first-order chi connectivity index (χ1) is 18.9. The maximum Gasteiger partial charge on any atom is 0.269 e. The highest BCUT2D eigenvalue weighted by atomic mass is 32.2. The molecular formula is C28H30N6O4S. The van der Waals surface area contributed by atoms with Crippen molar-refractivity contribution >= 4 is 38.3 Å². The van der Waals surface area contributed by atoms with Gasteiger partial charge in [-0.3, -0.25) is 4.79 Å². The van der Waals surface area contributed by atoms with Crippen LogP contribution in [0.4, 0.5) is 11.4 Å². The zero-order valence-electron chi connectivity index (χ0n) is 21.7. The Balaban J connectivity index is 1.22. The molecule has 1 aromatic carbocycles. The van der Waals surface area contributed by atoms with Crippen molar-refractivity contribution in [3.63, 3.8) is 0 Å². The molecule has 39 heavy (non-hydrogen) atoms. The van der Waals surface area contributed by atoms with Gasteiger partial charge in [0.25, 0.3) is 10.0 Å². The second-order valence-corrected chi connectivity index (χ2v) is 12.4. The molecule has 7 rings (SSSR count). The quantitative estimate of drug-likeness (QED) is 0.385. The number of rotatable bonds is 4. The Labute approximate surface area is 226 Å². The van der Waals surface area contributed by atoms with Crippen molar-refractivity contribution in [1.82, 2.24) is 18.7 Å². The summed E-state index contributed by atoms with van der Waals surface area (Å²) in [6, 6.07) is 10.1. The van der Waals surface area contributed by atoms with E-state index in [2.05, 4.69) is 15.0 Å².